The number of hydrogen-bond acceptors (Lipinski definition) is 3. The van der Waals surface area contributed by atoms with Gasteiger partial charge < -0.3 is 15.9 Å². The third-order valence-electron chi connectivity index (χ3n) is 3.01. The first kappa shape index (κ1) is 5.87. The zero-order valence-corrected chi connectivity index (χ0v) is 12.1. The van der Waals surface area contributed by atoms with Crippen molar-refractivity contribution in [1.29, 1.82) is 0 Å². The second kappa shape index (κ2) is 10.8. The predicted octanol–water partition coefficient (Wildman–Crippen LogP) is 3.20. The molecule has 0 aliphatic carbocycles. The van der Waals surface area contributed by atoms with Crippen molar-refractivity contribution >= 4 is 0 Å². The number of hydrogen-bond donors (Lipinski definition) is 3. The summed E-state index contributed by atoms with van der Waals surface area (Å²) in [5, 5.41) is 18.6. The number of nitrogens with two attached hydrogens (primary N) is 1. The van der Waals surface area contributed by atoms with Gasteiger partial charge in [-0.1, -0.05) is 63.0 Å². The standard InChI is InChI=1S/C19H33NO2/c1-2-3-4-5-6-7-8-17-9-11-18(12-10-17)13-14-19(20,15-21)16-22/h9-12,21-22H,2-8,13-16,20H2,1H3/i1D3,2D2,3D2,4D2,5D2,6D2,7D2,8D2. The van der Waals surface area contributed by atoms with Gasteiger partial charge in [-0.2, -0.15) is 0 Å². The fourth-order valence-corrected chi connectivity index (χ4v) is 1.58. The second-order valence-corrected chi connectivity index (χ2v) is 4.75. The van der Waals surface area contributed by atoms with E-state index in [9.17, 15) is 10.2 Å². The molecule has 0 aliphatic rings. The predicted molar refractivity (Wildman–Crippen MR) is 92.9 cm³/mol. The van der Waals surface area contributed by atoms with E-state index in [-0.39, 0.29) is 12.8 Å². The van der Waals surface area contributed by atoms with Crippen LogP contribution in [0.1, 0.15) is 85.9 Å². The summed E-state index contributed by atoms with van der Waals surface area (Å²) >= 11 is 0. The fraction of sp³-hybridized carbons (Fsp3) is 0.684. The molecular formula is C19H33NO2. The van der Waals surface area contributed by atoms with E-state index >= 15 is 0 Å². The molecule has 0 spiro atoms. The molecule has 0 aliphatic heterocycles. The van der Waals surface area contributed by atoms with Crippen LogP contribution < -0.4 is 5.73 Å². The van der Waals surface area contributed by atoms with E-state index in [1.165, 1.54) is 12.1 Å². The van der Waals surface area contributed by atoms with E-state index in [0.717, 1.165) is 12.1 Å². The first-order valence-corrected chi connectivity index (χ1v) is 6.66. The molecule has 1 aromatic carbocycles. The Labute approximate surface area is 159 Å². The summed E-state index contributed by atoms with van der Waals surface area (Å²) in [5.74, 6) is 0. The van der Waals surface area contributed by atoms with Gasteiger partial charge >= 0.3 is 0 Å². The van der Waals surface area contributed by atoms with Crippen LogP contribution in [0.2, 0.25) is 0 Å². The van der Waals surface area contributed by atoms with Crippen molar-refractivity contribution in [3.8, 4) is 0 Å². The van der Waals surface area contributed by atoms with Gasteiger partial charge in [-0.15, -0.1) is 0 Å². The van der Waals surface area contributed by atoms with Crippen molar-refractivity contribution in [2.45, 2.75) is 69.8 Å². The summed E-state index contributed by atoms with van der Waals surface area (Å²) in [6.45, 7) is -4.85. The number of rotatable bonds is 12. The largest absolute Gasteiger partial charge is 0.394 e. The Balaban J connectivity index is 3.51. The number of benzene rings is 1. The van der Waals surface area contributed by atoms with Crippen molar-refractivity contribution in [1.82, 2.24) is 0 Å². The SMILES string of the molecule is [2H]C([2H])([2H])C([2H])([2H])C([2H])([2H])C([2H])([2H])C([2H])([2H])C([2H])([2H])C([2H])([2H])C([2H])([2H])c1ccc(CCC(N)(CO)CO)cc1. The zero-order chi connectivity index (χ0) is 31.3. The number of aliphatic hydroxyl groups excluding tert-OH is 2. The van der Waals surface area contributed by atoms with Crippen LogP contribution in [0.5, 0.6) is 0 Å². The Morgan fingerprint density at radius 1 is 1.00 bits per heavy atom. The zero-order valence-electron chi connectivity index (χ0n) is 29.1. The molecule has 0 unspecified atom stereocenters. The van der Waals surface area contributed by atoms with E-state index in [4.69, 9.17) is 29.0 Å². The van der Waals surface area contributed by atoms with Gasteiger partial charge in [0, 0.05) is 23.3 Å². The van der Waals surface area contributed by atoms with E-state index in [1.807, 2.05) is 0 Å². The van der Waals surface area contributed by atoms with E-state index in [2.05, 4.69) is 0 Å². The lowest BCUT2D eigenvalue weighted by Crippen LogP contribution is -2.47. The van der Waals surface area contributed by atoms with Gasteiger partial charge in [0.25, 0.3) is 0 Å². The number of aliphatic hydroxyl groups is 2. The van der Waals surface area contributed by atoms with Crippen LogP contribution >= 0.6 is 0 Å². The minimum atomic E-state index is -4.33. The maximum Gasteiger partial charge on any atom is 0.0633 e. The molecule has 1 rings (SSSR count). The van der Waals surface area contributed by atoms with Gasteiger partial charge in [-0.25, -0.2) is 0 Å². The third kappa shape index (κ3) is 7.39. The quantitative estimate of drug-likeness (QED) is 0.553. The lowest BCUT2D eigenvalue weighted by molar-refractivity contribution is 0.115. The lowest BCUT2D eigenvalue weighted by Gasteiger charge is -2.24. The maximum absolute atomic E-state index is 9.30. The average molecular weight is 325 g/mol. The van der Waals surface area contributed by atoms with Crippen LogP contribution in [0.15, 0.2) is 24.3 Å². The minimum Gasteiger partial charge on any atom is -0.394 e. The molecule has 126 valence electrons. The van der Waals surface area contributed by atoms with E-state index in [1.54, 1.807) is 0 Å². The van der Waals surface area contributed by atoms with Gasteiger partial charge in [0.15, 0.2) is 0 Å². The molecule has 0 heterocycles. The van der Waals surface area contributed by atoms with Crippen LogP contribution in [0.4, 0.5) is 0 Å². The maximum atomic E-state index is 9.30. The molecule has 0 radical (unpaired) electrons. The Morgan fingerprint density at radius 2 is 1.59 bits per heavy atom. The molecule has 4 N–H and O–H groups in total. The monoisotopic (exact) mass is 324 g/mol. The Hall–Kier alpha value is -0.900. The highest BCUT2D eigenvalue weighted by molar-refractivity contribution is 5.23. The summed E-state index contributed by atoms with van der Waals surface area (Å²) in [7, 11) is 0. The van der Waals surface area contributed by atoms with Gasteiger partial charge in [0.1, 0.15) is 0 Å². The summed E-state index contributed by atoms with van der Waals surface area (Å²) in [5.41, 5.74) is 4.54. The first-order chi connectivity index (χ1) is 17.1. The molecule has 3 heteroatoms. The third-order valence-corrected chi connectivity index (χ3v) is 3.01. The Kier molecular flexibility index (Phi) is 2.87. The summed E-state index contributed by atoms with van der Waals surface area (Å²) < 4.78 is 135. The molecule has 3 nitrogen and oxygen atoms in total. The van der Waals surface area contributed by atoms with Crippen LogP contribution in [-0.4, -0.2) is 29.0 Å². The molecule has 0 aromatic heterocycles. The topological polar surface area (TPSA) is 66.5 Å². The highest BCUT2D eigenvalue weighted by Crippen LogP contribution is 2.14. The average Bonchev–Trinajstić information content (AvgIpc) is 2.81. The van der Waals surface area contributed by atoms with Gasteiger partial charge in [0.2, 0.25) is 0 Å². The molecule has 0 amide bonds. The highest BCUT2D eigenvalue weighted by Gasteiger charge is 2.22. The molecule has 0 atom stereocenters. The van der Waals surface area contributed by atoms with Gasteiger partial charge in [0.05, 0.1) is 18.8 Å². The van der Waals surface area contributed by atoms with Crippen molar-refractivity contribution in [3.05, 3.63) is 35.4 Å². The summed E-state index contributed by atoms with van der Waals surface area (Å²) in [6, 6.07) is 4.78. The Bertz CT molecular complexity index is 985. The van der Waals surface area contributed by atoms with Crippen LogP contribution in [-0.2, 0) is 12.8 Å². The normalized spacial score (nSPS) is 28.4. The van der Waals surface area contributed by atoms with Crippen LogP contribution in [0.3, 0.4) is 0 Å². The molecule has 22 heavy (non-hydrogen) atoms. The van der Waals surface area contributed by atoms with Crippen LogP contribution in [0, 0.1) is 0 Å². The lowest BCUT2D eigenvalue weighted by atomic mass is 9.93. The van der Waals surface area contributed by atoms with Crippen molar-refractivity contribution in [2.75, 3.05) is 13.2 Å². The van der Waals surface area contributed by atoms with E-state index < -0.39 is 75.8 Å². The van der Waals surface area contributed by atoms with Gasteiger partial charge in [-0.05, 0) is 36.7 Å². The second-order valence-electron chi connectivity index (χ2n) is 4.75. The molecule has 0 saturated carbocycles. The molecule has 0 fully saturated rings. The molecule has 1 aromatic rings. The summed E-state index contributed by atoms with van der Waals surface area (Å²) in [6.07, 6.45) is -28.1. The smallest absolute Gasteiger partial charge is 0.0633 e. The molecule has 0 saturated heterocycles. The molecular weight excluding hydrogens is 274 g/mol. The van der Waals surface area contributed by atoms with E-state index in [0.29, 0.717) is 5.56 Å². The van der Waals surface area contributed by atoms with Crippen LogP contribution in [0.25, 0.3) is 0 Å². The summed E-state index contributed by atoms with van der Waals surface area (Å²) in [4.78, 5) is 0. The highest BCUT2D eigenvalue weighted by atomic mass is 16.3. The van der Waals surface area contributed by atoms with Crippen molar-refractivity contribution in [2.24, 2.45) is 5.73 Å². The van der Waals surface area contributed by atoms with Crippen molar-refractivity contribution < 1.29 is 33.5 Å². The van der Waals surface area contributed by atoms with Gasteiger partial charge in [-0.3, -0.25) is 0 Å². The fourth-order valence-electron chi connectivity index (χ4n) is 1.58. The first-order valence-electron chi connectivity index (χ1n) is 15.2. The minimum absolute atomic E-state index is 0.122. The Morgan fingerprint density at radius 3 is 2.23 bits per heavy atom. The number of aryl methyl sites for hydroxylation is 2. The molecule has 0 bridgehead atoms. The van der Waals surface area contributed by atoms with Crippen molar-refractivity contribution in [3.63, 3.8) is 0 Å².